The summed E-state index contributed by atoms with van der Waals surface area (Å²) in [5.41, 5.74) is 1.06. The molecule has 63 valence electrons. The average molecular weight is 353 g/mol. The maximum Gasteiger partial charge on any atom is 0.0801 e. The van der Waals surface area contributed by atoms with Crippen molar-refractivity contribution in [3.63, 3.8) is 0 Å². The first-order valence-electron chi connectivity index (χ1n) is 3.42. The molecule has 0 aliphatic heterocycles. The van der Waals surface area contributed by atoms with Crippen LogP contribution in [0.3, 0.4) is 0 Å². The Bertz CT molecular complexity index is 318. The predicted molar refractivity (Wildman–Crippen MR) is 47.6 cm³/mol. The van der Waals surface area contributed by atoms with Gasteiger partial charge in [-0.3, -0.25) is 4.98 Å². The second-order valence-corrected chi connectivity index (χ2v) is 3.14. The van der Waals surface area contributed by atoms with Crippen molar-refractivity contribution >= 4 is 11.3 Å². The first kappa shape index (κ1) is 9.59. The van der Waals surface area contributed by atoms with Crippen molar-refractivity contribution in [2.24, 2.45) is 0 Å². The molecule has 0 aromatic carbocycles. The average Bonchev–Trinajstić information content (AvgIpc) is 2.58. The summed E-state index contributed by atoms with van der Waals surface area (Å²) in [5, 5.41) is 2.06. The molecular weight excluding hydrogens is 346 g/mol. The van der Waals surface area contributed by atoms with E-state index in [9.17, 15) is 0 Å². The number of pyridine rings is 1. The van der Waals surface area contributed by atoms with Gasteiger partial charge in [0.05, 0.1) is 10.6 Å². The van der Waals surface area contributed by atoms with Crippen molar-refractivity contribution in [1.29, 1.82) is 0 Å². The van der Waals surface area contributed by atoms with E-state index in [1.807, 2.05) is 30.5 Å². The second kappa shape index (κ2) is 4.51. The zero-order valence-corrected chi connectivity index (χ0v) is 9.44. The van der Waals surface area contributed by atoms with Gasteiger partial charge in [0.15, 0.2) is 0 Å². The Morgan fingerprint density at radius 3 is 2.58 bits per heavy atom. The van der Waals surface area contributed by atoms with Crippen LogP contribution >= 0.6 is 11.3 Å². The maximum absolute atomic E-state index is 4.23. The molecule has 0 atom stereocenters. The maximum atomic E-state index is 4.23. The van der Waals surface area contributed by atoms with Crippen LogP contribution in [0.25, 0.3) is 10.6 Å². The predicted octanol–water partition coefficient (Wildman–Crippen LogP) is 2.81. The van der Waals surface area contributed by atoms with Crippen molar-refractivity contribution < 1.29 is 20.1 Å². The molecule has 0 aliphatic carbocycles. The summed E-state index contributed by atoms with van der Waals surface area (Å²) in [7, 11) is 0. The summed E-state index contributed by atoms with van der Waals surface area (Å²) < 4.78 is 0. The Balaban J connectivity index is 0.000000720. The van der Waals surface area contributed by atoms with Crippen LogP contribution in [0.5, 0.6) is 0 Å². The number of aromatic nitrogens is 1. The molecule has 2 heterocycles. The summed E-state index contributed by atoms with van der Waals surface area (Å²) in [6.07, 6.45) is 1.81. The van der Waals surface area contributed by atoms with Crippen molar-refractivity contribution in [3.05, 3.63) is 41.9 Å². The largest absolute Gasteiger partial charge is 0.255 e. The van der Waals surface area contributed by atoms with Gasteiger partial charge in [-0.1, -0.05) is 12.1 Å². The molecule has 0 spiro atoms. The van der Waals surface area contributed by atoms with Crippen LogP contribution in [-0.4, -0.2) is 4.98 Å². The summed E-state index contributed by atoms with van der Waals surface area (Å²) in [6.45, 7) is 0. The standard InChI is InChI=1S/C9H7NS.Ir/c1-2-6-10-8(4-1)9-5-3-7-11-9;/h1-7H;. The smallest absolute Gasteiger partial charge is 0.0801 e. The Kier molecular flexibility index (Phi) is 3.60. The quantitative estimate of drug-likeness (QED) is 0.768. The number of hydrogen-bond donors (Lipinski definition) is 0. The van der Waals surface area contributed by atoms with E-state index in [0.717, 1.165) is 5.69 Å². The van der Waals surface area contributed by atoms with Crippen LogP contribution in [0.2, 0.25) is 0 Å². The molecule has 0 N–H and O–H groups in total. The van der Waals surface area contributed by atoms with E-state index in [4.69, 9.17) is 0 Å². The van der Waals surface area contributed by atoms with E-state index in [2.05, 4.69) is 16.4 Å². The van der Waals surface area contributed by atoms with Crippen LogP contribution in [-0.2, 0) is 20.1 Å². The summed E-state index contributed by atoms with van der Waals surface area (Å²) in [4.78, 5) is 5.46. The van der Waals surface area contributed by atoms with E-state index in [0.29, 0.717) is 0 Å². The van der Waals surface area contributed by atoms with Crippen LogP contribution < -0.4 is 0 Å². The molecule has 2 rings (SSSR count). The summed E-state index contributed by atoms with van der Waals surface area (Å²) >= 11 is 1.71. The second-order valence-electron chi connectivity index (χ2n) is 2.19. The van der Waals surface area contributed by atoms with Gasteiger partial charge in [0.2, 0.25) is 0 Å². The molecule has 1 radical (unpaired) electrons. The van der Waals surface area contributed by atoms with Crippen molar-refractivity contribution in [3.8, 4) is 10.6 Å². The van der Waals surface area contributed by atoms with Crippen LogP contribution in [0.1, 0.15) is 0 Å². The van der Waals surface area contributed by atoms with E-state index >= 15 is 0 Å². The molecule has 0 saturated heterocycles. The zero-order valence-electron chi connectivity index (χ0n) is 6.23. The number of thiophene rings is 1. The summed E-state index contributed by atoms with van der Waals surface area (Å²) in [6, 6.07) is 10.1. The molecule has 3 heteroatoms. The third-order valence-electron chi connectivity index (χ3n) is 1.44. The molecule has 0 unspecified atom stereocenters. The van der Waals surface area contributed by atoms with E-state index in [-0.39, 0.29) is 20.1 Å². The Hall–Kier alpha value is -0.501. The topological polar surface area (TPSA) is 12.9 Å². The molecule has 12 heavy (non-hydrogen) atoms. The normalized spacial score (nSPS) is 9.00. The molecular formula is C9H7IrNS. The fourth-order valence-corrected chi connectivity index (χ4v) is 1.64. The van der Waals surface area contributed by atoms with Gasteiger partial charge in [-0.2, -0.15) is 0 Å². The molecule has 0 saturated carbocycles. The Morgan fingerprint density at radius 2 is 2.00 bits per heavy atom. The molecule has 0 amide bonds. The van der Waals surface area contributed by atoms with Crippen LogP contribution in [0, 0.1) is 0 Å². The van der Waals surface area contributed by atoms with E-state index in [1.165, 1.54) is 4.88 Å². The van der Waals surface area contributed by atoms with Gasteiger partial charge in [-0.05, 0) is 23.6 Å². The van der Waals surface area contributed by atoms with Crippen molar-refractivity contribution in [2.45, 2.75) is 0 Å². The molecule has 0 aliphatic rings. The van der Waals surface area contributed by atoms with E-state index in [1.54, 1.807) is 11.3 Å². The van der Waals surface area contributed by atoms with Crippen molar-refractivity contribution in [2.75, 3.05) is 0 Å². The van der Waals surface area contributed by atoms with E-state index < -0.39 is 0 Å². The van der Waals surface area contributed by atoms with Crippen molar-refractivity contribution in [1.82, 2.24) is 4.98 Å². The third-order valence-corrected chi connectivity index (χ3v) is 2.33. The third kappa shape index (κ3) is 2.01. The molecule has 1 nitrogen and oxygen atoms in total. The molecule has 2 aromatic rings. The molecule has 0 bridgehead atoms. The first-order chi connectivity index (χ1) is 5.47. The molecule has 2 aromatic heterocycles. The fraction of sp³-hybridized carbons (Fsp3) is 0. The number of nitrogens with zero attached hydrogens (tertiary/aromatic N) is 1. The SMILES string of the molecule is [Ir].c1ccc(-c2cccs2)nc1. The van der Waals surface area contributed by atoms with Gasteiger partial charge < -0.3 is 0 Å². The van der Waals surface area contributed by atoms with Crippen LogP contribution in [0.15, 0.2) is 41.9 Å². The summed E-state index contributed by atoms with van der Waals surface area (Å²) in [5.74, 6) is 0. The Morgan fingerprint density at radius 1 is 1.08 bits per heavy atom. The van der Waals surface area contributed by atoms with Gasteiger partial charge in [0, 0.05) is 26.3 Å². The Labute approximate surface area is 88.8 Å². The monoisotopic (exact) mass is 354 g/mol. The molecule has 0 fully saturated rings. The van der Waals surface area contributed by atoms with Crippen LogP contribution in [0.4, 0.5) is 0 Å². The van der Waals surface area contributed by atoms with Gasteiger partial charge in [0.1, 0.15) is 0 Å². The number of hydrogen-bond acceptors (Lipinski definition) is 2. The minimum Gasteiger partial charge on any atom is -0.255 e. The zero-order chi connectivity index (χ0) is 7.52. The van der Waals surface area contributed by atoms with Gasteiger partial charge >= 0.3 is 0 Å². The van der Waals surface area contributed by atoms with Gasteiger partial charge in [-0.25, -0.2) is 0 Å². The van der Waals surface area contributed by atoms with Gasteiger partial charge in [0.25, 0.3) is 0 Å². The number of rotatable bonds is 1. The minimum atomic E-state index is 0. The minimum absolute atomic E-state index is 0. The van der Waals surface area contributed by atoms with Gasteiger partial charge in [-0.15, -0.1) is 11.3 Å². The fourth-order valence-electron chi connectivity index (χ4n) is 0.933. The first-order valence-corrected chi connectivity index (χ1v) is 4.30.